The molecule has 0 unspecified atom stereocenters. The van der Waals surface area contributed by atoms with Crippen molar-refractivity contribution in [1.82, 2.24) is 4.65 Å². The summed E-state index contributed by atoms with van der Waals surface area (Å²) >= 11 is 0. The van der Waals surface area contributed by atoms with Crippen molar-refractivity contribution in [3.8, 4) is 0 Å². The van der Waals surface area contributed by atoms with Gasteiger partial charge in [-0.15, -0.1) is 0 Å². The Balaban J connectivity index is 2.82. The van der Waals surface area contributed by atoms with Gasteiger partial charge in [0.05, 0.1) is 0 Å². The molecule has 0 aliphatic heterocycles. The van der Waals surface area contributed by atoms with Crippen LogP contribution in [0.15, 0.2) is 30.3 Å². The second kappa shape index (κ2) is 3.70. The lowest BCUT2D eigenvalue weighted by atomic mass is 10.3. The first-order valence-corrected chi connectivity index (χ1v) is 4.21. The van der Waals surface area contributed by atoms with Crippen molar-refractivity contribution in [2.75, 3.05) is 20.7 Å². The molecule has 0 aromatic heterocycles. The summed E-state index contributed by atoms with van der Waals surface area (Å²) in [6, 6.07) is 10.2. The number of benzene rings is 1. The van der Waals surface area contributed by atoms with E-state index in [1.165, 1.54) is 5.69 Å². The SMILES string of the molecule is CCO[N+](C)(C)c1ccccc1. The Hall–Kier alpha value is -0.860. The number of hydrogen-bond donors (Lipinski definition) is 0. The maximum atomic E-state index is 5.55. The minimum Gasteiger partial charge on any atom is -0.198 e. The second-order valence-electron chi connectivity index (χ2n) is 3.10. The smallest absolute Gasteiger partial charge is 0.164 e. The molecule has 0 aliphatic rings. The lowest BCUT2D eigenvalue weighted by molar-refractivity contribution is -0.104. The lowest BCUT2D eigenvalue weighted by Crippen LogP contribution is -2.40. The Bertz CT molecular complexity index is 231. The van der Waals surface area contributed by atoms with Crippen LogP contribution in [0.4, 0.5) is 5.69 Å². The lowest BCUT2D eigenvalue weighted by Gasteiger charge is -2.25. The van der Waals surface area contributed by atoms with E-state index in [1.54, 1.807) is 0 Å². The van der Waals surface area contributed by atoms with Crippen LogP contribution >= 0.6 is 0 Å². The first kappa shape index (κ1) is 9.23. The molecular formula is C10H16NO+. The number of para-hydroxylation sites is 1. The van der Waals surface area contributed by atoms with E-state index in [-0.39, 0.29) is 0 Å². The monoisotopic (exact) mass is 166 g/mol. The molecule has 12 heavy (non-hydrogen) atoms. The molecule has 0 bridgehead atoms. The highest BCUT2D eigenvalue weighted by Crippen LogP contribution is 2.17. The van der Waals surface area contributed by atoms with E-state index in [4.69, 9.17) is 4.84 Å². The van der Waals surface area contributed by atoms with Crippen molar-refractivity contribution in [3.63, 3.8) is 0 Å². The average Bonchev–Trinajstić information content (AvgIpc) is 2.06. The normalized spacial score (nSPS) is 11.6. The molecule has 0 aliphatic carbocycles. The predicted octanol–water partition coefficient (Wildman–Crippen LogP) is 2.21. The molecule has 1 aromatic carbocycles. The van der Waals surface area contributed by atoms with E-state index < -0.39 is 0 Å². The maximum absolute atomic E-state index is 5.55. The zero-order valence-corrected chi connectivity index (χ0v) is 7.95. The number of quaternary nitrogens is 1. The number of hydroxylamine groups is 2. The van der Waals surface area contributed by atoms with E-state index >= 15 is 0 Å². The number of nitrogens with zero attached hydrogens (tertiary/aromatic N) is 1. The zero-order valence-electron chi connectivity index (χ0n) is 7.95. The van der Waals surface area contributed by atoms with Crippen LogP contribution in [0.2, 0.25) is 0 Å². The fourth-order valence-electron chi connectivity index (χ4n) is 1.18. The van der Waals surface area contributed by atoms with Gasteiger partial charge in [0.1, 0.15) is 20.7 Å². The van der Waals surface area contributed by atoms with Crippen molar-refractivity contribution in [1.29, 1.82) is 0 Å². The van der Waals surface area contributed by atoms with Gasteiger partial charge >= 0.3 is 0 Å². The summed E-state index contributed by atoms with van der Waals surface area (Å²) in [7, 11) is 4.05. The van der Waals surface area contributed by atoms with Crippen LogP contribution in [0.3, 0.4) is 0 Å². The van der Waals surface area contributed by atoms with Gasteiger partial charge in [0.25, 0.3) is 0 Å². The Kier molecular flexibility index (Phi) is 2.84. The molecule has 0 saturated carbocycles. The Morgan fingerprint density at radius 1 is 1.17 bits per heavy atom. The van der Waals surface area contributed by atoms with E-state index in [0.29, 0.717) is 4.65 Å². The molecule has 0 heterocycles. The number of rotatable bonds is 3. The molecule has 0 amide bonds. The first-order valence-electron chi connectivity index (χ1n) is 4.21. The summed E-state index contributed by atoms with van der Waals surface area (Å²) in [5.74, 6) is 0. The van der Waals surface area contributed by atoms with E-state index in [9.17, 15) is 0 Å². The molecule has 1 rings (SSSR count). The van der Waals surface area contributed by atoms with Crippen molar-refractivity contribution in [2.24, 2.45) is 0 Å². The van der Waals surface area contributed by atoms with Crippen LogP contribution in [-0.4, -0.2) is 20.7 Å². The van der Waals surface area contributed by atoms with Crippen molar-refractivity contribution >= 4 is 5.69 Å². The fourth-order valence-corrected chi connectivity index (χ4v) is 1.18. The predicted molar refractivity (Wildman–Crippen MR) is 51.7 cm³/mol. The van der Waals surface area contributed by atoms with Crippen molar-refractivity contribution < 1.29 is 4.84 Å². The molecule has 66 valence electrons. The molecule has 0 atom stereocenters. The van der Waals surface area contributed by atoms with Gasteiger partial charge in [-0.3, -0.25) is 0 Å². The molecule has 0 radical (unpaired) electrons. The highest BCUT2D eigenvalue weighted by Gasteiger charge is 2.18. The molecule has 0 spiro atoms. The van der Waals surface area contributed by atoms with Gasteiger partial charge in [0, 0.05) is 12.1 Å². The van der Waals surface area contributed by atoms with Gasteiger partial charge in [-0.25, -0.2) is 0 Å². The quantitative estimate of drug-likeness (QED) is 0.494. The zero-order chi connectivity index (χ0) is 9.03. The summed E-state index contributed by atoms with van der Waals surface area (Å²) in [5.41, 5.74) is 1.17. The average molecular weight is 166 g/mol. The topological polar surface area (TPSA) is 9.23 Å². The summed E-state index contributed by atoms with van der Waals surface area (Å²) in [6.07, 6.45) is 0. The number of hydrogen-bond acceptors (Lipinski definition) is 1. The standard InChI is InChI=1S/C10H16NO/c1-4-12-11(2,3)10-8-6-5-7-9-10/h5-9H,4H2,1-3H3/q+1. The summed E-state index contributed by atoms with van der Waals surface area (Å²) in [6.45, 7) is 2.73. The molecule has 0 N–H and O–H groups in total. The van der Waals surface area contributed by atoms with Crippen LogP contribution in [0.5, 0.6) is 0 Å². The highest BCUT2D eigenvalue weighted by atomic mass is 16.7. The molecule has 0 fully saturated rings. The van der Waals surface area contributed by atoms with E-state index in [2.05, 4.69) is 12.1 Å². The van der Waals surface area contributed by atoms with Crippen LogP contribution in [-0.2, 0) is 4.84 Å². The van der Waals surface area contributed by atoms with Crippen molar-refractivity contribution in [2.45, 2.75) is 6.92 Å². The van der Waals surface area contributed by atoms with Gasteiger partial charge in [-0.2, -0.15) is 9.48 Å². The summed E-state index contributed by atoms with van der Waals surface area (Å²) in [4.78, 5) is 5.55. The van der Waals surface area contributed by atoms with Crippen molar-refractivity contribution in [3.05, 3.63) is 30.3 Å². The van der Waals surface area contributed by atoms with Gasteiger partial charge in [0.15, 0.2) is 5.69 Å². The molecule has 2 nitrogen and oxygen atoms in total. The first-order chi connectivity index (χ1) is 5.67. The van der Waals surface area contributed by atoms with E-state index in [1.807, 2.05) is 39.2 Å². The summed E-state index contributed by atoms with van der Waals surface area (Å²) in [5, 5.41) is 0. The second-order valence-corrected chi connectivity index (χ2v) is 3.10. The van der Waals surface area contributed by atoms with Crippen LogP contribution in [0.25, 0.3) is 0 Å². The Morgan fingerprint density at radius 2 is 1.75 bits per heavy atom. The Labute approximate surface area is 73.9 Å². The minimum absolute atomic E-state index is 0.483. The largest absolute Gasteiger partial charge is 0.198 e. The van der Waals surface area contributed by atoms with Crippen LogP contribution in [0.1, 0.15) is 6.92 Å². The van der Waals surface area contributed by atoms with Gasteiger partial charge < -0.3 is 0 Å². The van der Waals surface area contributed by atoms with Gasteiger partial charge in [-0.05, 0) is 6.92 Å². The molecular weight excluding hydrogens is 150 g/mol. The van der Waals surface area contributed by atoms with Crippen LogP contribution < -0.4 is 4.65 Å². The minimum atomic E-state index is 0.483. The molecule has 1 aromatic rings. The third kappa shape index (κ3) is 2.06. The third-order valence-corrected chi connectivity index (χ3v) is 1.83. The Morgan fingerprint density at radius 3 is 2.25 bits per heavy atom. The van der Waals surface area contributed by atoms with Crippen LogP contribution in [0, 0.1) is 0 Å². The highest BCUT2D eigenvalue weighted by molar-refractivity contribution is 5.38. The van der Waals surface area contributed by atoms with Gasteiger partial charge in [0.2, 0.25) is 0 Å². The molecule has 2 heteroatoms. The molecule has 0 saturated heterocycles. The third-order valence-electron chi connectivity index (χ3n) is 1.83. The maximum Gasteiger partial charge on any atom is 0.164 e. The van der Waals surface area contributed by atoms with Gasteiger partial charge in [-0.1, -0.05) is 18.2 Å². The van der Waals surface area contributed by atoms with E-state index in [0.717, 1.165) is 6.61 Å². The summed E-state index contributed by atoms with van der Waals surface area (Å²) < 4.78 is 0.483. The fraction of sp³-hybridized carbons (Fsp3) is 0.400.